The Balaban J connectivity index is 1.88. The van der Waals surface area contributed by atoms with E-state index in [0.29, 0.717) is 33.8 Å². The molecule has 0 saturated carbocycles. The van der Waals surface area contributed by atoms with Gasteiger partial charge in [-0.05, 0) is 50.4 Å². The van der Waals surface area contributed by atoms with Crippen LogP contribution in [0.1, 0.15) is 77.7 Å². The Hall–Kier alpha value is -2.95. The molecule has 0 saturated heterocycles. The fraction of sp³-hybridized carbons (Fsp3) is 0.545. The number of hydrogen-bond acceptors (Lipinski definition) is 7. The number of fused-ring (bicyclic) bond motifs is 2. The van der Waals surface area contributed by atoms with Gasteiger partial charge in [0.2, 0.25) is 5.16 Å². The first-order chi connectivity index (χ1) is 15.7. The summed E-state index contributed by atoms with van der Waals surface area (Å²) in [5, 5.41) is 5.75. The number of aryl methyl sites for hydroxylation is 2. The number of rotatable bonds is 8. The van der Waals surface area contributed by atoms with Crippen molar-refractivity contribution >= 4 is 28.7 Å². The molecule has 0 bridgehead atoms. The monoisotopic (exact) mass is 470 g/mol. The number of nitrogens with zero attached hydrogens (tertiary/aromatic N) is 7. The van der Waals surface area contributed by atoms with Crippen molar-refractivity contribution in [3.63, 3.8) is 0 Å². The van der Waals surface area contributed by atoms with Gasteiger partial charge in [-0.2, -0.15) is 9.50 Å². The van der Waals surface area contributed by atoms with Crippen LogP contribution in [0.5, 0.6) is 0 Å². The number of aromatic nitrogens is 8. The minimum Gasteiger partial charge on any atom is -0.310 e. The predicted molar refractivity (Wildman–Crippen MR) is 128 cm³/mol. The fourth-order valence-corrected chi connectivity index (χ4v) is 4.78. The predicted octanol–water partition coefficient (Wildman–Crippen LogP) is 3.54. The molecule has 0 aliphatic carbocycles. The summed E-state index contributed by atoms with van der Waals surface area (Å²) in [6, 6.07) is 2.01. The van der Waals surface area contributed by atoms with Crippen LogP contribution in [0.2, 0.25) is 0 Å². The normalized spacial score (nSPS) is 12.1. The molecule has 0 radical (unpaired) electrons. The number of imidazole rings is 1. The molecule has 4 aromatic heterocycles. The maximum absolute atomic E-state index is 12.8. The van der Waals surface area contributed by atoms with E-state index in [9.17, 15) is 9.59 Å². The number of nitrogens with one attached hydrogen (secondary N) is 1. The second-order valence-corrected chi connectivity index (χ2v) is 9.62. The third kappa shape index (κ3) is 4.21. The highest BCUT2D eigenvalue weighted by Gasteiger charge is 2.23. The quantitative estimate of drug-likeness (QED) is 0.419. The molecule has 0 aromatic carbocycles. The fourth-order valence-electron chi connectivity index (χ4n) is 3.84. The van der Waals surface area contributed by atoms with E-state index < -0.39 is 11.2 Å². The van der Waals surface area contributed by atoms with E-state index in [1.165, 1.54) is 11.8 Å². The molecular weight excluding hydrogens is 440 g/mol. The molecule has 0 aliphatic rings. The molecule has 0 spiro atoms. The maximum atomic E-state index is 12.8. The third-order valence-electron chi connectivity index (χ3n) is 5.56. The van der Waals surface area contributed by atoms with Gasteiger partial charge in [0.25, 0.3) is 11.3 Å². The smallest absolute Gasteiger partial charge is 0.310 e. The van der Waals surface area contributed by atoms with Gasteiger partial charge in [-0.1, -0.05) is 34.1 Å². The van der Waals surface area contributed by atoms with E-state index >= 15 is 0 Å². The summed E-state index contributed by atoms with van der Waals surface area (Å²) >= 11 is 1.28. The standard InChI is InChI=1S/C22H30N8O2S/c1-7-9-10-28-17-16(18(31)25-21(28)32)29(13(5)6)22(24-17)33-20-26-19-23-14(8-2)11-15(12(3)4)30(19)27-20/h11-13H,7-10H2,1-6H3,(H,25,31,32). The van der Waals surface area contributed by atoms with Crippen LogP contribution in [0.4, 0.5) is 0 Å². The highest BCUT2D eigenvalue weighted by Crippen LogP contribution is 2.30. The van der Waals surface area contributed by atoms with Gasteiger partial charge < -0.3 is 4.57 Å². The molecule has 0 aliphatic heterocycles. The van der Waals surface area contributed by atoms with Crippen molar-refractivity contribution in [3.8, 4) is 0 Å². The Morgan fingerprint density at radius 2 is 1.85 bits per heavy atom. The van der Waals surface area contributed by atoms with E-state index in [-0.39, 0.29) is 12.0 Å². The molecule has 4 heterocycles. The van der Waals surface area contributed by atoms with Gasteiger partial charge in [0, 0.05) is 18.3 Å². The molecule has 10 nitrogen and oxygen atoms in total. The minimum atomic E-state index is -0.436. The summed E-state index contributed by atoms with van der Waals surface area (Å²) in [4.78, 5) is 41.7. The Morgan fingerprint density at radius 1 is 1.09 bits per heavy atom. The molecule has 0 amide bonds. The zero-order valence-electron chi connectivity index (χ0n) is 19.9. The van der Waals surface area contributed by atoms with Gasteiger partial charge in [0.05, 0.1) is 5.69 Å². The molecule has 1 N–H and O–H groups in total. The Morgan fingerprint density at radius 3 is 2.48 bits per heavy atom. The first kappa shape index (κ1) is 23.2. The number of aromatic amines is 1. The van der Waals surface area contributed by atoms with Crippen molar-refractivity contribution in [3.05, 3.63) is 38.3 Å². The van der Waals surface area contributed by atoms with E-state index in [1.54, 1.807) is 9.08 Å². The number of hydrogen-bond donors (Lipinski definition) is 1. The highest BCUT2D eigenvalue weighted by molar-refractivity contribution is 7.99. The summed E-state index contributed by atoms with van der Waals surface area (Å²) < 4.78 is 5.17. The molecule has 0 fully saturated rings. The number of H-pyrrole nitrogens is 1. The van der Waals surface area contributed by atoms with E-state index in [2.05, 4.69) is 53.8 Å². The first-order valence-electron chi connectivity index (χ1n) is 11.4. The summed E-state index contributed by atoms with van der Waals surface area (Å²) in [5.74, 6) is 0.803. The lowest BCUT2D eigenvalue weighted by atomic mass is 10.1. The third-order valence-corrected chi connectivity index (χ3v) is 6.38. The van der Waals surface area contributed by atoms with Crippen molar-refractivity contribution in [1.82, 2.24) is 38.7 Å². The molecule has 4 rings (SSSR count). The SMILES string of the molecule is CCCCn1c(=O)[nH]c(=O)c2c1nc(Sc1nc3nc(CC)cc(C(C)C)n3n1)n2C(C)C. The average Bonchev–Trinajstić information content (AvgIpc) is 3.34. The van der Waals surface area contributed by atoms with Crippen LogP contribution in [-0.4, -0.2) is 38.7 Å². The van der Waals surface area contributed by atoms with Crippen LogP contribution >= 0.6 is 11.8 Å². The van der Waals surface area contributed by atoms with Gasteiger partial charge in [-0.3, -0.25) is 14.3 Å². The van der Waals surface area contributed by atoms with Crippen molar-refractivity contribution in [2.45, 2.75) is 89.6 Å². The lowest BCUT2D eigenvalue weighted by molar-refractivity contribution is 0.564. The zero-order chi connectivity index (χ0) is 23.9. The summed E-state index contributed by atoms with van der Waals surface area (Å²) in [7, 11) is 0. The molecule has 0 unspecified atom stereocenters. The van der Waals surface area contributed by atoms with Crippen LogP contribution < -0.4 is 11.2 Å². The van der Waals surface area contributed by atoms with E-state index in [1.807, 2.05) is 18.4 Å². The van der Waals surface area contributed by atoms with Crippen LogP contribution in [0.3, 0.4) is 0 Å². The van der Waals surface area contributed by atoms with Crippen LogP contribution in [0, 0.1) is 0 Å². The lowest BCUT2D eigenvalue weighted by Gasteiger charge is -2.11. The molecule has 4 aromatic rings. The largest absolute Gasteiger partial charge is 0.330 e. The van der Waals surface area contributed by atoms with Crippen molar-refractivity contribution in [1.29, 1.82) is 0 Å². The zero-order valence-corrected chi connectivity index (χ0v) is 20.7. The van der Waals surface area contributed by atoms with E-state index in [4.69, 9.17) is 4.98 Å². The Labute approximate surface area is 195 Å². The molecule has 0 atom stereocenters. The lowest BCUT2D eigenvalue weighted by Crippen LogP contribution is -2.31. The van der Waals surface area contributed by atoms with Gasteiger partial charge in [0.1, 0.15) is 0 Å². The van der Waals surface area contributed by atoms with Gasteiger partial charge >= 0.3 is 5.69 Å². The second-order valence-electron chi connectivity index (χ2n) is 8.68. The van der Waals surface area contributed by atoms with Gasteiger partial charge in [-0.25, -0.2) is 14.8 Å². The molecule has 33 heavy (non-hydrogen) atoms. The number of unbranched alkanes of at least 4 members (excludes halogenated alkanes) is 1. The maximum Gasteiger partial charge on any atom is 0.330 e. The summed E-state index contributed by atoms with van der Waals surface area (Å²) in [5.41, 5.74) is 1.92. The minimum absolute atomic E-state index is 0.0520. The van der Waals surface area contributed by atoms with E-state index in [0.717, 1.165) is 30.7 Å². The van der Waals surface area contributed by atoms with Crippen LogP contribution in [0.25, 0.3) is 16.9 Å². The van der Waals surface area contributed by atoms with Gasteiger partial charge in [-0.15, -0.1) is 5.10 Å². The second kappa shape index (κ2) is 9.12. The summed E-state index contributed by atoms with van der Waals surface area (Å²) in [6.07, 6.45) is 2.55. The van der Waals surface area contributed by atoms with Crippen LogP contribution in [-0.2, 0) is 13.0 Å². The van der Waals surface area contributed by atoms with Crippen molar-refractivity contribution < 1.29 is 0 Å². The summed E-state index contributed by atoms with van der Waals surface area (Å²) in [6.45, 7) is 12.8. The molecule has 176 valence electrons. The molecular formula is C22H30N8O2S. The Kier molecular flexibility index (Phi) is 6.42. The Bertz CT molecular complexity index is 1430. The van der Waals surface area contributed by atoms with Crippen molar-refractivity contribution in [2.24, 2.45) is 0 Å². The molecule has 11 heteroatoms. The average molecular weight is 471 g/mol. The van der Waals surface area contributed by atoms with Crippen molar-refractivity contribution in [2.75, 3.05) is 0 Å². The highest BCUT2D eigenvalue weighted by atomic mass is 32.2. The topological polar surface area (TPSA) is 116 Å². The van der Waals surface area contributed by atoms with Crippen LogP contribution in [0.15, 0.2) is 26.0 Å². The first-order valence-corrected chi connectivity index (χ1v) is 12.3. The van der Waals surface area contributed by atoms with Gasteiger partial charge in [0.15, 0.2) is 16.3 Å².